The molecular formula is C19H21O4P. The number of rotatable bonds is 4. The van der Waals surface area contributed by atoms with E-state index in [2.05, 4.69) is 6.08 Å². The second-order valence-electron chi connectivity index (χ2n) is 6.24. The molecule has 0 aromatic heterocycles. The predicted octanol–water partition coefficient (Wildman–Crippen LogP) is 3.65. The summed E-state index contributed by atoms with van der Waals surface area (Å²) >= 11 is 0. The number of esters is 1. The Hall–Kier alpha value is -2.16. The molecule has 2 aromatic carbocycles. The zero-order valence-electron chi connectivity index (χ0n) is 13.8. The van der Waals surface area contributed by atoms with Crippen LogP contribution in [0.2, 0.25) is 0 Å². The van der Waals surface area contributed by atoms with Crippen LogP contribution in [0.4, 0.5) is 0 Å². The van der Waals surface area contributed by atoms with Crippen molar-refractivity contribution < 1.29 is 18.9 Å². The third-order valence-electron chi connectivity index (χ3n) is 4.14. The average molecular weight is 344 g/mol. The Morgan fingerprint density at radius 3 is 2.21 bits per heavy atom. The van der Waals surface area contributed by atoms with Gasteiger partial charge < -0.3 is 0 Å². The van der Waals surface area contributed by atoms with Crippen molar-refractivity contribution in [1.29, 1.82) is 0 Å². The topological polar surface area (TPSA) is 55.8 Å². The number of hydrogen-bond acceptors (Lipinski definition) is 4. The molecule has 24 heavy (non-hydrogen) atoms. The molecule has 0 atom stereocenters. The minimum atomic E-state index is -3.55. The number of hydrogen-bond donors (Lipinski definition) is 1. The first-order valence-electron chi connectivity index (χ1n) is 7.84. The molecule has 0 aliphatic carbocycles. The van der Waals surface area contributed by atoms with E-state index in [4.69, 9.17) is 9.26 Å². The van der Waals surface area contributed by atoms with Crippen LogP contribution in [0.25, 0.3) is 0 Å². The molecule has 5 heteroatoms. The molecule has 0 saturated carbocycles. The maximum absolute atomic E-state index is 11.7. The molecule has 0 saturated heterocycles. The van der Waals surface area contributed by atoms with E-state index in [-0.39, 0.29) is 5.97 Å². The summed E-state index contributed by atoms with van der Waals surface area (Å²) in [4.78, 5) is 22.7. The van der Waals surface area contributed by atoms with E-state index in [1.165, 1.54) is 6.92 Å². The molecule has 4 nitrogen and oxygen atoms in total. The van der Waals surface area contributed by atoms with Crippen molar-refractivity contribution in [3.63, 3.8) is 0 Å². The maximum atomic E-state index is 11.7. The summed E-state index contributed by atoms with van der Waals surface area (Å²) in [5, 5.41) is 0.848. The number of carbonyl (C=O) groups excluding carboxylic acids is 1. The third-order valence-corrected chi connectivity index (χ3v) is 8.34. The van der Waals surface area contributed by atoms with E-state index in [9.17, 15) is 9.69 Å². The standard InChI is InChI=1S/C19H21O4P/c1-15-12-13-24(21,14-15,19-6-4-3-5-7-19)23-18-10-8-17(9-11-18)22-16(2)20/h3-12,21H,13-14H2,1-2H3. The Balaban J connectivity index is 1.93. The third kappa shape index (κ3) is 3.21. The molecule has 0 unspecified atom stereocenters. The second-order valence-corrected chi connectivity index (χ2v) is 10.3. The van der Waals surface area contributed by atoms with Crippen LogP contribution in [0, 0.1) is 0 Å². The molecule has 1 N–H and O–H groups in total. The molecule has 0 spiro atoms. The van der Waals surface area contributed by atoms with Crippen LogP contribution in [-0.2, 0) is 4.79 Å². The zero-order valence-corrected chi connectivity index (χ0v) is 14.7. The van der Waals surface area contributed by atoms with Gasteiger partial charge in [-0.25, -0.2) is 0 Å². The molecule has 126 valence electrons. The Bertz CT molecular complexity index is 785. The molecule has 3 rings (SSSR count). The summed E-state index contributed by atoms with van der Waals surface area (Å²) in [5.74, 6) is 0.655. The van der Waals surface area contributed by atoms with Crippen LogP contribution in [-0.4, -0.2) is 23.2 Å². The summed E-state index contributed by atoms with van der Waals surface area (Å²) in [6, 6.07) is 16.4. The first-order valence-corrected chi connectivity index (χ1v) is 10.3. The molecule has 0 fully saturated rings. The van der Waals surface area contributed by atoms with Crippen LogP contribution in [0.3, 0.4) is 0 Å². The van der Waals surface area contributed by atoms with Gasteiger partial charge in [-0.15, -0.1) is 0 Å². The summed E-state index contributed by atoms with van der Waals surface area (Å²) in [7, 11) is -3.55. The molecular weight excluding hydrogens is 323 g/mol. The number of ether oxygens (including phenoxy) is 1. The number of benzene rings is 2. The van der Waals surface area contributed by atoms with Crippen LogP contribution in [0.15, 0.2) is 66.2 Å². The Morgan fingerprint density at radius 1 is 1.04 bits per heavy atom. The van der Waals surface area contributed by atoms with Gasteiger partial charge in [0.2, 0.25) is 0 Å². The van der Waals surface area contributed by atoms with Crippen LogP contribution >= 0.6 is 7.06 Å². The number of allylic oxidation sites excluding steroid dienone is 2. The molecule has 0 radical (unpaired) electrons. The summed E-state index contributed by atoms with van der Waals surface area (Å²) < 4.78 is 11.3. The first kappa shape index (κ1) is 16.7. The van der Waals surface area contributed by atoms with Gasteiger partial charge in [-0.05, 0) is 0 Å². The van der Waals surface area contributed by atoms with Crippen LogP contribution in [0.1, 0.15) is 13.8 Å². The van der Waals surface area contributed by atoms with Gasteiger partial charge in [0.25, 0.3) is 0 Å². The van der Waals surface area contributed by atoms with Gasteiger partial charge in [-0.2, -0.15) is 0 Å². The van der Waals surface area contributed by atoms with E-state index >= 15 is 0 Å². The van der Waals surface area contributed by atoms with Crippen LogP contribution in [0.5, 0.6) is 11.5 Å². The van der Waals surface area contributed by atoms with E-state index in [0.29, 0.717) is 23.8 Å². The normalized spacial score (nSPS) is 19.6. The minimum absolute atomic E-state index is 0.368. The zero-order chi connectivity index (χ0) is 17.2. The van der Waals surface area contributed by atoms with Gasteiger partial charge in [0.15, 0.2) is 0 Å². The van der Waals surface area contributed by atoms with Gasteiger partial charge in [0.05, 0.1) is 0 Å². The van der Waals surface area contributed by atoms with Crippen molar-refractivity contribution in [3.8, 4) is 11.5 Å². The fourth-order valence-electron chi connectivity index (χ4n) is 3.06. The molecule has 2 aromatic rings. The van der Waals surface area contributed by atoms with Crippen molar-refractivity contribution in [2.75, 3.05) is 12.3 Å². The first-order chi connectivity index (χ1) is 11.4. The van der Waals surface area contributed by atoms with E-state index < -0.39 is 7.06 Å². The molecule has 1 aliphatic heterocycles. The Kier molecular flexibility index (Phi) is 4.20. The fraction of sp³-hybridized carbons (Fsp3) is 0.211. The molecule has 1 aliphatic rings. The summed E-state index contributed by atoms with van der Waals surface area (Å²) in [6.07, 6.45) is 3.09. The SMILES string of the molecule is CC(=O)Oc1ccc(OP2(O)(c3ccccc3)CC=C(C)C2)cc1. The monoisotopic (exact) mass is 344 g/mol. The van der Waals surface area contributed by atoms with Gasteiger partial charge in [0, 0.05) is 0 Å². The van der Waals surface area contributed by atoms with Crippen molar-refractivity contribution >= 4 is 18.3 Å². The summed E-state index contributed by atoms with van der Waals surface area (Å²) in [6.45, 7) is 3.37. The second kappa shape index (κ2) is 6.04. The fourth-order valence-corrected chi connectivity index (χ4v) is 7.14. The molecule has 0 bridgehead atoms. The van der Waals surface area contributed by atoms with Gasteiger partial charge in [-0.1, -0.05) is 0 Å². The van der Waals surface area contributed by atoms with Gasteiger partial charge in [0.1, 0.15) is 0 Å². The van der Waals surface area contributed by atoms with E-state index in [0.717, 1.165) is 10.9 Å². The quantitative estimate of drug-likeness (QED) is 0.398. The molecule has 1 heterocycles. The van der Waals surface area contributed by atoms with Crippen molar-refractivity contribution in [1.82, 2.24) is 0 Å². The van der Waals surface area contributed by atoms with Crippen molar-refractivity contribution in [2.45, 2.75) is 13.8 Å². The van der Waals surface area contributed by atoms with Crippen LogP contribution < -0.4 is 14.6 Å². The molecule has 0 amide bonds. The average Bonchev–Trinajstić information content (AvgIpc) is 2.87. The summed E-state index contributed by atoms with van der Waals surface area (Å²) in [5.41, 5.74) is 1.13. The number of carbonyl (C=O) groups is 1. The van der Waals surface area contributed by atoms with E-state index in [1.807, 2.05) is 37.3 Å². The Morgan fingerprint density at radius 2 is 1.67 bits per heavy atom. The van der Waals surface area contributed by atoms with Gasteiger partial charge in [-0.3, -0.25) is 0 Å². The van der Waals surface area contributed by atoms with Crippen molar-refractivity contribution in [2.24, 2.45) is 0 Å². The predicted molar refractivity (Wildman–Crippen MR) is 97.1 cm³/mol. The van der Waals surface area contributed by atoms with E-state index in [1.54, 1.807) is 24.3 Å². The van der Waals surface area contributed by atoms with Crippen molar-refractivity contribution in [3.05, 3.63) is 66.2 Å². The van der Waals surface area contributed by atoms with Gasteiger partial charge >= 0.3 is 141 Å². The Labute approximate surface area is 141 Å².